The van der Waals surface area contributed by atoms with Crippen molar-refractivity contribution in [3.63, 3.8) is 0 Å². The zero-order chi connectivity index (χ0) is 20.8. The molecule has 0 unspecified atom stereocenters. The fraction of sp³-hybridized carbons (Fsp3) is 0.318. The standard InChI is InChI=1S/C22H24N2O5/c1-15-5-10-19(28-2)18(12-15)23-20(25)14-29-22(27)17-8-6-16(7-9-17)13-24-11-3-4-21(24)26/h5-10,12H,3-4,11,13-14H2,1-2H3,(H,23,25). The minimum absolute atomic E-state index is 0.157. The average molecular weight is 396 g/mol. The van der Waals surface area contributed by atoms with Gasteiger partial charge < -0.3 is 19.7 Å². The van der Waals surface area contributed by atoms with E-state index in [-0.39, 0.29) is 5.91 Å². The topological polar surface area (TPSA) is 84.9 Å². The number of amides is 2. The van der Waals surface area contributed by atoms with E-state index in [0.717, 1.165) is 24.1 Å². The number of hydrogen-bond acceptors (Lipinski definition) is 5. The molecule has 7 nitrogen and oxygen atoms in total. The molecule has 1 saturated heterocycles. The largest absolute Gasteiger partial charge is 0.495 e. The first-order chi connectivity index (χ1) is 14.0. The minimum Gasteiger partial charge on any atom is -0.495 e. The van der Waals surface area contributed by atoms with Crippen molar-refractivity contribution in [3.05, 3.63) is 59.2 Å². The van der Waals surface area contributed by atoms with Gasteiger partial charge in [-0.25, -0.2) is 4.79 Å². The number of nitrogens with zero attached hydrogens (tertiary/aromatic N) is 1. The highest BCUT2D eigenvalue weighted by atomic mass is 16.5. The monoisotopic (exact) mass is 396 g/mol. The Morgan fingerprint density at radius 3 is 2.55 bits per heavy atom. The number of nitrogens with one attached hydrogen (secondary N) is 1. The average Bonchev–Trinajstić information content (AvgIpc) is 3.11. The Hall–Kier alpha value is -3.35. The maximum Gasteiger partial charge on any atom is 0.338 e. The number of carbonyl (C=O) groups is 3. The third kappa shape index (κ3) is 5.34. The van der Waals surface area contributed by atoms with Crippen LogP contribution >= 0.6 is 0 Å². The number of carbonyl (C=O) groups excluding carboxylic acids is 3. The smallest absolute Gasteiger partial charge is 0.338 e. The first kappa shape index (κ1) is 20.4. The summed E-state index contributed by atoms with van der Waals surface area (Å²) in [5.74, 6) is -0.348. The Kier molecular flexibility index (Phi) is 6.49. The van der Waals surface area contributed by atoms with Gasteiger partial charge in [0.05, 0.1) is 18.4 Å². The molecule has 7 heteroatoms. The number of rotatable bonds is 7. The zero-order valence-corrected chi connectivity index (χ0v) is 16.6. The van der Waals surface area contributed by atoms with E-state index < -0.39 is 18.5 Å². The second-order valence-corrected chi connectivity index (χ2v) is 6.94. The van der Waals surface area contributed by atoms with E-state index in [4.69, 9.17) is 9.47 Å². The van der Waals surface area contributed by atoms with E-state index in [1.165, 1.54) is 7.11 Å². The Balaban J connectivity index is 1.52. The molecule has 0 atom stereocenters. The summed E-state index contributed by atoms with van der Waals surface area (Å²) in [7, 11) is 1.52. The lowest BCUT2D eigenvalue weighted by Gasteiger charge is -2.15. The lowest BCUT2D eigenvalue weighted by molar-refractivity contribution is -0.128. The molecule has 1 heterocycles. The molecule has 0 bridgehead atoms. The third-order valence-electron chi connectivity index (χ3n) is 4.70. The van der Waals surface area contributed by atoms with E-state index in [0.29, 0.717) is 30.0 Å². The van der Waals surface area contributed by atoms with Crippen LogP contribution in [-0.2, 0) is 20.9 Å². The predicted molar refractivity (Wildman–Crippen MR) is 108 cm³/mol. The number of likely N-dealkylation sites (tertiary alicyclic amines) is 1. The van der Waals surface area contributed by atoms with Gasteiger partial charge >= 0.3 is 5.97 Å². The molecule has 1 aliphatic rings. The molecule has 1 aliphatic heterocycles. The van der Waals surface area contributed by atoms with E-state index in [9.17, 15) is 14.4 Å². The van der Waals surface area contributed by atoms with Gasteiger partial charge in [0, 0.05) is 19.5 Å². The van der Waals surface area contributed by atoms with Crippen LogP contribution in [0.1, 0.15) is 34.3 Å². The summed E-state index contributed by atoms with van der Waals surface area (Å²) in [6.07, 6.45) is 1.49. The first-order valence-corrected chi connectivity index (χ1v) is 9.44. The van der Waals surface area contributed by atoms with Crippen molar-refractivity contribution < 1.29 is 23.9 Å². The number of methoxy groups -OCH3 is 1. The van der Waals surface area contributed by atoms with Gasteiger partial charge in [-0.1, -0.05) is 18.2 Å². The Bertz CT molecular complexity index is 908. The molecule has 1 N–H and O–H groups in total. The predicted octanol–water partition coefficient (Wildman–Crippen LogP) is 2.92. The van der Waals surface area contributed by atoms with Crippen molar-refractivity contribution in [2.45, 2.75) is 26.3 Å². The number of ether oxygens (including phenoxy) is 2. The van der Waals surface area contributed by atoms with E-state index in [1.807, 2.05) is 13.0 Å². The fourth-order valence-corrected chi connectivity index (χ4v) is 3.16. The van der Waals surface area contributed by atoms with Gasteiger partial charge in [0.1, 0.15) is 5.75 Å². The number of hydrogen-bond donors (Lipinski definition) is 1. The number of aryl methyl sites for hydroxylation is 1. The molecule has 0 aromatic heterocycles. The van der Waals surface area contributed by atoms with Gasteiger partial charge in [0.25, 0.3) is 5.91 Å². The molecule has 2 aromatic carbocycles. The van der Waals surface area contributed by atoms with Crippen molar-refractivity contribution in [3.8, 4) is 5.75 Å². The van der Waals surface area contributed by atoms with Gasteiger partial charge in [-0.3, -0.25) is 9.59 Å². The summed E-state index contributed by atoms with van der Waals surface area (Å²) in [5, 5.41) is 2.68. The van der Waals surface area contributed by atoms with Crippen LogP contribution < -0.4 is 10.1 Å². The second-order valence-electron chi connectivity index (χ2n) is 6.94. The van der Waals surface area contributed by atoms with Crippen molar-refractivity contribution in [1.29, 1.82) is 0 Å². The molecule has 3 rings (SSSR count). The molecule has 29 heavy (non-hydrogen) atoms. The SMILES string of the molecule is COc1ccc(C)cc1NC(=O)COC(=O)c1ccc(CN2CCCC2=O)cc1. The molecule has 2 aromatic rings. The fourth-order valence-electron chi connectivity index (χ4n) is 3.16. The maximum atomic E-state index is 12.2. The molecule has 1 fully saturated rings. The van der Waals surface area contributed by atoms with Crippen LogP contribution in [0, 0.1) is 6.92 Å². The first-order valence-electron chi connectivity index (χ1n) is 9.44. The van der Waals surface area contributed by atoms with Crippen LogP contribution in [0.4, 0.5) is 5.69 Å². The Morgan fingerprint density at radius 1 is 1.14 bits per heavy atom. The van der Waals surface area contributed by atoms with Crippen LogP contribution in [0.2, 0.25) is 0 Å². The highest BCUT2D eigenvalue weighted by Crippen LogP contribution is 2.25. The second kappa shape index (κ2) is 9.23. The highest BCUT2D eigenvalue weighted by Gasteiger charge is 2.20. The van der Waals surface area contributed by atoms with Crippen LogP contribution in [0.15, 0.2) is 42.5 Å². The van der Waals surface area contributed by atoms with Gasteiger partial charge in [-0.15, -0.1) is 0 Å². The highest BCUT2D eigenvalue weighted by molar-refractivity contribution is 5.96. The molecular formula is C22H24N2O5. The lowest BCUT2D eigenvalue weighted by Crippen LogP contribution is -2.24. The molecule has 2 amide bonds. The van der Waals surface area contributed by atoms with Crippen LogP contribution in [0.5, 0.6) is 5.75 Å². The molecular weight excluding hydrogens is 372 g/mol. The summed E-state index contributed by atoms with van der Waals surface area (Å²) < 4.78 is 10.3. The molecule has 152 valence electrons. The molecule has 0 saturated carbocycles. The molecule has 0 spiro atoms. The summed E-state index contributed by atoms with van der Waals surface area (Å²) in [6, 6.07) is 12.3. The van der Waals surface area contributed by atoms with Gasteiger partial charge in [-0.05, 0) is 48.7 Å². The van der Waals surface area contributed by atoms with E-state index in [2.05, 4.69) is 5.32 Å². The zero-order valence-electron chi connectivity index (χ0n) is 16.6. The molecule has 0 radical (unpaired) electrons. The van der Waals surface area contributed by atoms with Gasteiger partial charge in [0.2, 0.25) is 5.91 Å². The maximum absolute atomic E-state index is 12.2. The van der Waals surface area contributed by atoms with Crippen molar-refractivity contribution in [1.82, 2.24) is 4.90 Å². The Morgan fingerprint density at radius 2 is 1.90 bits per heavy atom. The number of benzene rings is 2. The third-order valence-corrected chi connectivity index (χ3v) is 4.70. The summed E-state index contributed by atoms with van der Waals surface area (Å²) in [4.78, 5) is 37.8. The normalized spacial score (nSPS) is 13.3. The van der Waals surface area contributed by atoms with Crippen molar-refractivity contribution in [2.75, 3.05) is 25.6 Å². The minimum atomic E-state index is -0.583. The quantitative estimate of drug-likeness (QED) is 0.728. The van der Waals surface area contributed by atoms with Crippen LogP contribution in [-0.4, -0.2) is 42.9 Å². The van der Waals surface area contributed by atoms with Crippen molar-refractivity contribution in [2.24, 2.45) is 0 Å². The van der Waals surface area contributed by atoms with E-state index >= 15 is 0 Å². The van der Waals surface area contributed by atoms with Crippen LogP contribution in [0.3, 0.4) is 0 Å². The lowest BCUT2D eigenvalue weighted by atomic mass is 10.1. The number of esters is 1. The summed E-state index contributed by atoms with van der Waals surface area (Å²) in [5.41, 5.74) is 2.78. The summed E-state index contributed by atoms with van der Waals surface area (Å²) >= 11 is 0. The van der Waals surface area contributed by atoms with Crippen molar-refractivity contribution >= 4 is 23.5 Å². The summed E-state index contributed by atoms with van der Waals surface area (Å²) in [6.45, 7) is 2.80. The van der Waals surface area contributed by atoms with Crippen LogP contribution in [0.25, 0.3) is 0 Å². The number of anilines is 1. The van der Waals surface area contributed by atoms with Gasteiger partial charge in [-0.2, -0.15) is 0 Å². The van der Waals surface area contributed by atoms with E-state index in [1.54, 1.807) is 41.3 Å². The Labute approximate surface area is 169 Å². The van der Waals surface area contributed by atoms with Gasteiger partial charge in [0.15, 0.2) is 6.61 Å². The molecule has 0 aliphatic carbocycles.